The van der Waals surface area contributed by atoms with E-state index in [9.17, 15) is 13.6 Å². The monoisotopic (exact) mass is 300 g/mol. The third kappa shape index (κ3) is 5.93. The zero-order chi connectivity index (χ0) is 15.8. The van der Waals surface area contributed by atoms with E-state index >= 15 is 0 Å². The maximum atomic E-state index is 13.6. The Hall–Kier alpha value is -1.92. The van der Waals surface area contributed by atoms with Gasteiger partial charge in [-0.1, -0.05) is 20.8 Å². The van der Waals surface area contributed by atoms with Crippen molar-refractivity contribution in [1.82, 2.24) is 10.3 Å². The second-order valence-electron chi connectivity index (χ2n) is 5.13. The highest BCUT2D eigenvalue weighted by Gasteiger charge is 2.12. The lowest BCUT2D eigenvalue weighted by Crippen LogP contribution is -2.32. The molecule has 3 N–H and O–H groups in total. The van der Waals surface area contributed by atoms with Gasteiger partial charge in [0.15, 0.2) is 23.3 Å². The van der Waals surface area contributed by atoms with Gasteiger partial charge in [0.25, 0.3) is 0 Å². The minimum atomic E-state index is -0.828. The van der Waals surface area contributed by atoms with Crippen LogP contribution in [0.25, 0.3) is 0 Å². The first-order valence-corrected chi connectivity index (χ1v) is 7.04. The van der Waals surface area contributed by atoms with Gasteiger partial charge in [-0.3, -0.25) is 4.79 Å². The van der Waals surface area contributed by atoms with Crippen LogP contribution in [0, 0.1) is 17.6 Å². The van der Waals surface area contributed by atoms with Gasteiger partial charge in [-0.25, -0.2) is 13.8 Å². The second kappa shape index (κ2) is 8.39. The topological polar surface area (TPSA) is 66.0 Å². The number of nitrogens with zero attached hydrogens (tertiary/aromatic N) is 1. The van der Waals surface area contributed by atoms with Crippen LogP contribution >= 0.6 is 0 Å². The molecule has 0 aliphatic rings. The van der Waals surface area contributed by atoms with Crippen LogP contribution < -0.4 is 16.0 Å². The van der Waals surface area contributed by atoms with E-state index in [1.807, 2.05) is 20.8 Å². The van der Waals surface area contributed by atoms with E-state index in [-0.39, 0.29) is 24.1 Å². The van der Waals surface area contributed by atoms with Crippen LogP contribution in [0.4, 0.5) is 20.4 Å². The van der Waals surface area contributed by atoms with Crippen molar-refractivity contribution in [2.45, 2.75) is 27.2 Å². The van der Waals surface area contributed by atoms with E-state index in [0.29, 0.717) is 19.0 Å². The van der Waals surface area contributed by atoms with E-state index < -0.39 is 11.6 Å². The predicted octanol–water partition coefficient (Wildman–Crippen LogP) is 2.37. The van der Waals surface area contributed by atoms with Gasteiger partial charge >= 0.3 is 0 Å². The molecule has 0 aliphatic heterocycles. The van der Waals surface area contributed by atoms with E-state index in [0.717, 1.165) is 12.5 Å². The molecule has 0 bridgehead atoms. The molecule has 0 saturated carbocycles. The third-order valence-corrected chi connectivity index (χ3v) is 2.60. The predicted molar refractivity (Wildman–Crippen MR) is 79.3 cm³/mol. The Balaban J connectivity index is 2.63. The molecule has 7 heteroatoms. The van der Waals surface area contributed by atoms with Gasteiger partial charge < -0.3 is 16.0 Å². The Kier molecular flexibility index (Phi) is 6.84. The van der Waals surface area contributed by atoms with Crippen LogP contribution in [-0.4, -0.2) is 30.5 Å². The molecule has 0 unspecified atom stereocenters. The molecule has 1 amide bonds. The van der Waals surface area contributed by atoms with Crippen LogP contribution in [0.5, 0.6) is 0 Å². The Morgan fingerprint density at radius 3 is 2.43 bits per heavy atom. The molecule has 0 saturated heterocycles. The van der Waals surface area contributed by atoms with E-state index in [4.69, 9.17) is 0 Å². The molecule has 1 aromatic rings. The molecule has 0 aliphatic carbocycles. The SMILES string of the molecule is CCCNc1nc(NCC(=O)NCC(C)C)c(F)cc1F. The fourth-order valence-corrected chi connectivity index (χ4v) is 1.50. The molecule has 0 radical (unpaired) electrons. The molecule has 21 heavy (non-hydrogen) atoms. The first kappa shape index (κ1) is 17.1. The summed E-state index contributed by atoms with van der Waals surface area (Å²) in [4.78, 5) is 15.4. The molecule has 0 aromatic carbocycles. The molecule has 1 rings (SSSR count). The number of carbonyl (C=O) groups is 1. The summed E-state index contributed by atoms with van der Waals surface area (Å²) < 4.78 is 27.1. The van der Waals surface area contributed by atoms with Gasteiger partial charge in [-0.2, -0.15) is 0 Å². The number of aromatic nitrogens is 1. The Morgan fingerprint density at radius 2 is 1.86 bits per heavy atom. The average molecular weight is 300 g/mol. The molecule has 118 valence electrons. The molecule has 0 spiro atoms. The van der Waals surface area contributed by atoms with Crippen molar-refractivity contribution in [3.63, 3.8) is 0 Å². The van der Waals surface area contributed by atoms with Crippen LogP contribution in [0.3, 0.4) is 0 Å². The van der Waals surface area contributed by atoms with Crippen LogP contribution in [0.1, 0.15) is 27.2 Å². The number of rotatable bonds is 8. The number of anilines is 2. The quantitative estimate of drug-likeness (QED) is 0.689. The highest BCUT2D eigenvalue weighted by Crippen LogP contribution is 2.18. The summed E-state index contributed by atoms with van der Waals surface area (Å²) >= 11 is 0. The third-order valence-electron chi connectivity index (χ3n) is 2.60. The zero-order valence-electron chi connectivity index (χ0n) is 12.6. The summed E-state index contributed by atoms with van der Waals surface area (Å²) in [6.45, 7) is 6.83. The summed E-state index contributed by atoms with van der Waals surface area (Å²) in [6.07, 6.45) is 0.791. The lowest BCUT2D eigenvalue weighted by atomic mass is 10.2. The lowest BCUT2D eigenvalue weighted by Gasteiger charge is -2.11. The summed E-state index contributed by atoms with van der Waals surface area (Å²) in [5.74, 6) is -1.68. The molecular formula is C14H22F2N4O. The summed E-state index contributed by atoms with van der Waals surface area (Å²) in [6, 6.07) is 0.749. The molecule has 0 fully saturated rings. The smallest absolute Gasteiger partial charge is 0.239 e. The number of pyridine rings is 1. The van der Waals surface area contributed by atoms with E-state index in [2.05, 4.69) is 20.9 Å². The van der Waals surface area contributed by atoms with Gasteiger partial charge in [0.2, 0.25) is 5.91 Å². The number of hydrogen-bond donors (Lipinski definition) is 3. The standard InChI is InChI=1S/C14H22F2N4O/c1-4-5-17-13-10(15)6-11(16)14(20-13)19-8-12(21)18-7-9(2)3/h6,9H,4-5,7-8H2,1-3H3,(H,18,21)(H2,17,19,20). The van der Waals surface area contributed by atoms with Crippen molar-refractivity contribution in [2.24, 2.45) is 5.92 Å². The summed E-state index contributed by atoms with van der Waals surface area (Å²) in [5.41, 5.74) is 0. The molecule has 0 atom stereocenters. The molecule has 5 nitrogen and oxygen atoms in total. The van der Waals surface area contributed by atoms with Gasteiger partial charge in [0, 0.05) is 19.2 Å². The molecule has 1 aromatic heterocycles. The Morgan fingerprint density at radius 1 is 1.24 bits per heavy atom. The van der Waals surface area contributed by atoms with Crippen molar-refractivity contribution in [3.8, 4) is 0 Å². The molecule has 1 heterocycles. The number of nitrogens with one attached hydrogen (secondary N) is 3. The largest absolute Gasteiger partial charge is 0.368 e. The number of carbonyl (C=O) groups excluding carboxylic acids is 1. The first-order chi connectivity index (χ1) is 9.93. The van der Waals surface area contributed by atoms with Crippen LogP contribution in [0.2, 0.25) is 0 Å². The highest BCUT2D eigenvalue weighted by atomic mass is 19.1. The summed E-state index contributed by atoms with van der Waals surface area (Å²) in [5, 5.41) is 8.03. The summed E-state index contributed by atoms with van der Waals surface area (Å²) in [7, 11) is 0. The van der Waals surface area contributed by atoms with Gasteiger partial charge in [-0.05, 0) is 12.3 Å². The average Bonchev–Trinajstić information content (AvgIpc) is 2.43. The van der Waals surface area contributed by atoms with Crippen molar-refractivity contribution < 1.29 is 13.6 Å². The van der Waals surface area contributed by atoms with Crippen LogP contribution in [-0.2, 0) is 4.79 Å². The van der Waals surface area contributed by atoms with Gasteiger partial charge in [0.1, 0.15) is 0 Å². The second-order valence-corrected chi connectivity index (χ2v) is 5.13. The number of hydrogen-bond acceptors (Lipinski definition) is 4. The van der Waals surface area contributed by atoms with E-state index in [1.165, 1.54) is 0 Å². The Bertz CT molecular complexity index is 480. The zero-order valence-corrected chi connectivity index (χ0v) is 12.6. The fourth-order valence-electron chi connectivity index (χ4n) is 1.50. The fraction of sp³-hybridized carbons (Fsp3) is 0.571. The first-order valence-electron chi connectivity index (χ1n) is 7.04. The van der Waals surface area contributed by atoms with Crippen molar-refractivity contribution in [2.75, 3.05) is 30.3 Å². The van der Waals surface area contributed by atoms with Crippen molar-refractivity contribution in [1.29, 1.82) is 0 Å². The minimum Gasteiger partial charge on any atom is -0.368 e. The maximum Gasteiger partial charge on any atom is 0.239 e. The number of amides is 1. The van der Waals surface area contributed by atoms with E-state index in [1.54, 1.807) is 0 Å². The highest BCUT2D eigenvalue weighted by molar-refractivity contribution is 5.80. The van der Waals surface area contributed by atoms with Crippen molar-refractivity contribution in [3.05, 3.63) is 17.7 Å². The number of halogens is 2. The van der Waals surface area contributed by atoms with Crippen molar-refractivity contribution >= 4 is 17.5 Å². The van der Waals surface area contributed by atoms with Gasteiger partial charge in [0.05, 0.1) is 6.54 Å². The molecular weight excluding hydrogens is 278 g/mol. The van der Waals surface area contributed by atoms with Gasteiger partial charge in [-0.15, -0.1) is 0 Å². The normalized spacial score (nSPS) is 10.6. The lowest BCUT2D eigenvalue weighted by molar-refractivity contribution is -0.119. The minimum absolute atomic E-state index is 0.0247. The van der Waals surface area contributed by atoms with Crippen LogP contribution in [0.15, 0.2) is 6.07 Å². The Labute approximate surface area is 123 Å². The maximum absolute atomic E-state index is 13.6.